The zero-order valence-corrected chi connectivity index (χ0v) is 10.4. The predicted molar refractivity (Wildman–Crippen MR) is 55.4 cm³/mol. The molecule has 0 aromatic heterocycles. The quantitative estimate of drug-likeness (QED) is 0.698. The summed E-state index contributed by atoms with van der Waals surface area (Å²) in [6, 6.07) is 9.46. The largest absolute Gasteiger partial charge is 0.699 e. The number of rotatable bonds is 1. The molecule has 0 aliphatic heterocycles. The maximum Gasteiger partial charge on any atom is 0 e. The van der Waals surface area contributed by atoms with E-state index in [-0.39, 0.29) is 60.3 Å². The van der Waals surface area contributed by atoms with Crippen molar-refractivity contribution in [2.45, 2.75) is 14.9 Å². The normalized spacial score (nSPS) is 6.67. The van der Waals surface area contributed by atoms with Gasteiger partial charge in [-0.25, -0.2) is 0 Å². The zero-order chi connectivity index (χ0) is 6.69. The molecule has 2 heteroatoms. The van der Waals surface area contributed by atoms with Gasteiger partial charge in [-0.05, 0) is 5.56 Å². The molecule has 0 unspecified atom stereocenters. The van der Waals surface area contributed by atoms with E-state index < -0.39 is 0 Å². The third-order valence-corrected chi connectivity index (χ3v) is 1.12. The van der Waals surface area contributed by atoms with Crippen LogP contribution in [0.2, 0.25) is 0 Å². The fraction of sp³-hybridized carbons (Fsp3) is 0.200. The molecule has 12 heavy (non-hydrogen) atoms. The molecular weight excluding hydrogens is 361 g/mol. The van der Waals surface area contributed by atoms with E-state index in [1.54, 1.807) is 0 Å². The fourth-order valence-corrected chi connectivity index (χ4v) is 0.639. The number of hydrogen-bond donors (Lipinski definition) is 0. The molecule has 0 amide bonds. The molecule has 1 N–H and O–H groups in total. The smallest absolute Gasteiger partial charge is 0 e. The first-order valence-electron chi connectivity index (χ1n) is 2.76. The van der Waals surface area contributed by atoms with Crippen LogP contribution >= 0.6 is 0 Å². The molecule has 0 heterocycles. The maximum absolute atomic E-state index is 7.12. The average Bonchev–Trinajstić information content (AvgIpc) is 1.90. The average molecular weight is 379 g/mol. The van der Waals surface area contributed by atoms with Gasteiger partial charge in [0.1, 0.15) is 0 Å². The van der Waals surface area contributed by atoms with Crippen LogP contribution in [-0.4, -0.2) is 0 Å². The monoisotopic (exact) mass is 379 g/mol. The summed E-state index contributed by atoms with van der Waals surface area (Å²) < 4.78 is 0. The van der Waals surface area contributed by atoms with Gasteiger partial charge in [0.2, 0.25) is 0 Å². The third kappa shape index (κ3) is 5.80. The molecule has 0 bridgehead atoms. The third-order valence-electron chi connectivity index (χ3n) is 1.12. The molecule has 1 rings (SSSR count). The molecule has 0 fully saturated rings. The summed E-state index contributed by atoms with van der Waals surface area (Å²) >= 11 is 0. The van der Waals surface area contributed by atoms with Gasteiger partial charge in [0, 0.05) is 45.5 Å². The van der Waals surface area contributed by atoms with Gasteiger partial charge in [0.15, 0.2) is 0 Å². The zero-order valence-electron chi connectivity index (χ0n) is 5.67. The molecule has 0 spiro atoms. The molecule has 1 nitrogen and oxygen atoms in total. The van der Waals surface area contributed by atoms with Gasteiger partial charge >= 0.3 is 0 Å². The van der Waals surface area contributed by atoms with Crippen molar-refractivity contribution in [3.63, 3.8) is 0 Å². The Hall–Kier alpha value is 0.202. The van der Waals surface area contributed by atoms with Gasteiger partial charge < -0.3 is 5.73 Å². The van der Waals surface area contributed by atoms with Crippen LogP contribution in [0.3, 0.4) is 0 Å². The summed E-state index contributed by atoms with van der Waals surface area (Å²) in [5, 5.41) is 0. The molecule has 0 saturated heterocycles. The van der Waals surface area contributed by atoms with Crippen molar-refractivity contribution in [2.75, 3.05) is 0 Å². The Morgan fingerprint density at radius 2 is 1.58 bits per heavy atom. The van der Waals surface area contributed by atoms with E-state index in [1.165, 1.54) is 0 Å². The van der Waals surface area contributed by atoms with Crippen molar-refractivity contribution in [2.24, 2.45) is 0 Å². The molecule has 1 radical (unpaired) electrons. The molecular formula is C10H18AcN-. The Balaban J connectivity index is -0.000000101. The van der Waals surface area contributed by atoms with E-state index >= 15 is 0 Å². The minimum absolute atomic E-state index is 0. The van der Waals surface area contributed by atoms with Crippen LogP contribution < -0.4 is 0 Å². The van der Waals surface area contributed by atoms with Gasteiger partial charge in [0.25, 0.3) is 0 Å². The molecule has 0 atom stereocenters. The Kier molecular flexibility index (Phi) is 14.0. The molecule has 1 aromatic rings. The van der Waals surface area contributed by atoms with E-state index in [1.807, 2.05) is 30.3 Å². The summed E-state index contributed by atoms with van der Waals surface area (Å²) in [7, 11) is 0. The molecule has 0 aliphatic carbocycles. The van der Waals surface area contributed by atoms with E-state index in [4.69, 9.17) is 5.73 Å². The second-order valence-corrected chi connectivity index (χ2v) is 1.84. The van der Waals surface area contributed by atoms with Crippen molar-refractivity contribution in [3.05, 3.63) is 48.2 Å². The van der Waals surface area contributed by atoms with Crippen LogP contribution in [0.4, 0.5) is 0 Å². The number of nitrogens with one attached hydrogen (secondary N) is 1. The molecule has 67 valence electrons. The second kappa shape index (κ2) is 9.29. The number of hydrogen-bond acceptors (Lipinski definition) is 0. The van der Waals surface area contributed by atoms with Crippen molar-refractivity contribution < 1.29 is 45.5 Å². The summed E-state index contributed by atoms with van der Waals surface area (Å²) in [5.74, 6) is 0. The first kappa shape index (κ1) is 18.1. The molecule has 0 aliphatic rings. The Bertz CT molecular complexity index is 211. The number of benzene rings is 1. The van der Waals surface area contributed by atoms with E-state index in [0.717, 1.165) is 5.56 Å². The predicted octanol–water partition coefficient (Wildman–Crippen LogP) is 4.23. The SMILES string of the molecule is C.C.C=C([NH-])c1ccccc1.[Ac].[HH]. The Morgan fingerprint density at radius 1 is 1.17 bits per heavy atom. The molecule has 0 saturated carbocycles. The summed E-state index contributed by atoms with van der Waals surface area (Å²) in [5.41, 5.74) is 8.38. The van der Waals surface area contributed by atoms with Crippen LogP contribution in [0.5, 0.6) is 0 Å². The van der Waals surface area contributed by atoms with Crippen LogP contribution in [0.25, 0.3) is 11.4 Å². The van der Waals surface area contributed by atoms with Crippen molar-refractivity contribution in [1.82, 2.24) is 0 Å². The van der Waals surface area contributed by atoms with Gasteiger partial charge in [-0.2, -0.15) is 0 Å². The Morgan fingerprint density at radius 3 is 1.83 bits per heavy atom. The van der Waals surface area contributed by atoms with Gasteiger partial charge in [-0.15, -0.1) is 12.3 Å². The van der Waals surface area contributed by atoms with Crippen LogP contribution in [0.1, 0.15) is 21.8 Å². The van der Waals surface area contributed by atoms with E-state index in [0.29, 0.717) is 5.70 Å². The van der Waals surface area contributed by atoms with E-state index in [9.17, 15) is 0 Å². The summed E-state index contributed by atoms with van der Waals surface area (Å²) in [6.07, 6.45) is 0. The topological polar surface area (TPSA) is 23.8 Å². The van der Waals surface area contributed by atoms with Crippen molar-refractivity contribution >= 4 is 5.70 Å². The van der Waals surface area contributed by atoms with Crippen LogP contribution in [0, 0.1) is 44.1 Å². The van der Waals surface area contributed by atoms with Gasteiger partial charge in [-0.1, -0.05) is 45.2 Å². The standard InChI is InChI=1S/C8H8N.2CH4.Ac.H2/c1-7(9)8-5-3-2-4-6-8;;;;/h2-6,9H,1H2;2*1H4;;1H/q-1;;;;. The summed E-state index contributed by atoms with van der Waals surface area (Å²) in [4.78, 5) is 0. The maximum atomic E-state index is 7.12. The van der Waals surface area contributed by atoms with Crippen LogP contribution in [-0.2, 0) is 0 Å². The summed E-state index contributed by atoms with van der Waals surface area (Å²) in [6.45, 7) is 3.49. The Labute approximate surface area is 113 Å². The first-order valence-corrected chi connectivity index (χ1v) is 2.76. The van der Waals surface area contributed by atoms with Crippen LogP contribution in [0.15, 0.2) is 36.9 Å². The molecule has 1 aromatic carbocycles. The van der Waals surface area contributed by atoms with Gasteiger partial charge in [-0.3, -0.25) is 0 Å². The van der Waals surface area contributed by atoms with E-state index in [2.05, 4.69) is 6.58 Å². The second-order valence-electron chi connectivity index (χ2n) is 1.84. The first-order chi connectivity index (χ1) is 4.30. The minimum atomic E-state index is 0. The van der Waals surface area contributed by atoms with Crippen molar-refractivity contribution in [1.29, 1.82) is 0 Å². The van der Waals surface area contributed by atoms with Crippen molar-refractivity contribution in [3.8, 4) is 0 Å². The fourth-order valence-electron chi connectivity index (χ4n) is 0.639. The minimum Gasteiger partial charge on any atom is -0.699 e. The van der Waals surface area contributed by atoms with Gasteiger partial charge in [0.05, 0.1) is 0 Å².